The van der Waals surface area contributed by atoms with Crippen molar-refractivity contribution in [3.63, 3.8) is 0 Å². The highest BCUT2D eigenvalue weighted by Crippen LogP contribution is 2.54. The average Bonchev–Trinajstić information content (AvgIpc) is 3.56. The van der Waals surface area contributed by atoms with Crippen LogP contribution in [-0.2, 0) is 13.5 Å². The number of hydrogen-bond donors (Lipinski definition) is 0. The number of aromatic nitrogens is 1. The van der Waals surface area contributed by atoms with Gasteiger partial charge in [-0.3, -0.25) is 14.5 Å². The molecule has 0 fully saturated rings. The number of aryl methyl sites for hydroxylation is 2. The van der Waals surface area contributed by atoms with Gasteiger partial charge in [-0.15, -0.1) is 34.0 Å². The van der Waals surface area contributed by atoms with Gasteiger partial charge in [0.25, 0.3) is 5.91 Å². The van der Waals surface area contributed by atoms with Crippen LogP contribution in [0.15, 0.2) is 33.4 Å². The fraction of sp³-hybridized carbons (Fsp3) is 0.167. The molecular weight excluding hydrogens is 524 g/mol. The smallest absolute Gasteiger partial charge is 0.269 e. The van der Waals surface area contributed by atoms with E-state index in [0.29, 0.717) is 5.56 Å². The number of thiophene rings is 3. The molecule has 0 radical (unpaired) electrons. The monoisotopic (exact) mass is 538 g/mol. The maximum Gasteiger partial charge on any atom is 0.269 e. The van der Waals surface area contributed by atoms with E-state index in [-0.39, 0.29) is 11.9 Å². The second-order valence-electron chi connectivity index (χ2n) is 8.34. The number of carbonyl (C=O) groups is 2. The number of anilines is 1. The zero-order valence-corrected chi connectivity index (χ0v) is 21.1. The summed E-state index contributed by atoms with van der Waals surface area (Å²) in [5.74, 6) is 0.0595. The summed E-state index contributed by atoms with van der Waals surface area (Å²) in [5, 5.41) is 6.12. The molecule has 0 saturated heterocycles. The summed E-state index contributed by atoms with van der Waals surface area (Å²) in [5.41, 5.74) is 6.22. The molecule has 1 aromatic carbocycles. The van der Waals surface area contributed by atoms with Crippen LogP contribution in [0.4, 0.5) is 5.69 Å². The van der Waals surface area contributed by atoms with Crippen LogP contribution in [0.2, 0.25) is 0 Å². The van der Waals surface area contributed by atoms with E-state index >= 15 is 0 Å². The zero-order valence-electron chi connectivity index (χ0n) is 17.1. The quantitative estimate of drug-likeness (QED) is 0.221. The van der Waals surface area contributed by atoms with Crippen LogP contribution in [0.25, 0.3) is 31.6 Å². The predicted octanol–water partition coefficient (Wildman–Crippen LogP) is 7.32. The number of rotatable bonds is 2. The van der Waals surface area contributed by atoms with Gasteiger partial charge < -0.3 is 4.57 Å². The molecule has 1 amide bonds. The average molecular weight is 540 g/mol. The molecule has 0 N–H and O–H groups in total. The van der Waals surface area contributed by atoms with Gasteiger partial charge in [0, 0.05) is 40.1 Å². The molecule has 1 atom stereocenters. The lowest BCUT2D eigenvalue weighted by molar-refractivity contribution is 0.0981. The number of amides is 1. The van der Waals surface area contributed by atoms with Crippen molar-refractivity contribution in [2.75, 3.05) is 4.90 Å². The Labute approximate surface area is 203 Å². The van der Waals surface area contributed by atoms with Crippen LogP contribution in [0.1, 0.15) is 42.1 Å². The first-order valence-corrected chi connectivity index (χ1v) is 13.5. The summed E-state index contributed by atoms with van der Waals surface area (Å²) >= 11 is 8.61. The molecule has 0 saturated carbocycles. The normalized spacial score (nSPS) is 16.9. The Balaban J connectivity index is 1.56. The molecule has 4 aromatic heterocycles. The van der Waals surface area contributed by atoms with E-state index < -0.39 is 0 Å². The van der Waals surface area contributed by atoms with Crippen LogP contribution in [-0.4, -0.2) is 16.8 Å². The largest absolute Gasteiger partial charge is 0.341 e. The topological polar surface area (TPSA) is 42.3 Å². The summed E-state index contributed by atoms with van der Waals surface area (Å²) in [7, 11) is 2.05. The lowest BCUT2D eigenvalue weighted by atomic mass is 9.91. The van der Waals surface area contributed by atoms with Gasteiger partial charge in [-0.05, 0) is 45.4 Å². The Morgan fingerprint density at radius 3 is 2.78 bits per heavy atom. The molecule has 0 aliphatic carbocycles. The molecule has 1 unspecified atom stereocenters. The molecular formula is C24H15BrN2O2S3. The number of hydrogen-bond acceptors (Lipinski definition) is 5. The maximum atomic E-state index is 13.8. The molecule has 6 heterocycles. The van der Waals surface area contributed by atoms with Crippen LogP contribution < -0.4 is 4.90 Å². The van der Waals surface area contributed by atoms with E-state index in [1.54, 1.807) is 22.7 Å². The fourth-order valence-corrected chi connectivity index (χ4v) is 9.51. The number of halogens is 1. The standard InChI is InChI=1S/C24H15BrN2O2S3/c1-10-8-30-16-5-14-12-4-3-11(7-28)18-19(12)23(24(29)27(14)20(10)16)32-22(18)15-6-17-21(26(15)2)13(25)9-31-17/h3-4,6-9,14H,5H2,1-2H3. The number of carbonyl (C=O) groups excluding carboxylic acids is 2. The SMILES string of the molecule is Cc1csc2c1N1C(=O)c3sc(-c4cc5scc(Br)c5n4C)c4c(C=O)ccc(c34)C1C2. The second-order valence-corrected chi connectivity index (χ2v) is 12.1. The van der Waals surface area contributed by atoms with Gasteiger partial charge in [-0.1, -0.05) is 12.1 Å². The van der Waals surface area contributed by atoms with Crippen molar-refractivity contribution < 1.29 is 9.59 Å². The van der Waals surface area contributed by atoms with Crippen LogP contribution in [0.3, 0.4) is 0 Å². The number of aldehydes is 1. The van der Waals surface area contributed by atoms with Crippen molar-refractivity contribution in [3.05, 3.63) is 59.9 Å². The minimum Gasteiger partial charge on any atom is -0.341 e. The summed E-state index contributed by atoms with van der Waals surface area (Å²) < 4.78 is 4.41. The Kier molecular flexibility index (Phi) is 3.85. The van der Waals surface area contributed by atoms with Crippen molar-refractivity contribution in [3.8, 4) is 10.6 Å². The summed E-state index contributed by atoms with van der Waals surface area (Å²) in [6.45, 7) is 2.08. The Hall–Kier alpha value is -2.26. The Morgan fingerprint density at radius 2 is 2.00 bits per heavy atom. The molecule has 4 nitrogen and oxygen atoms in total. The Bertz CT molecular complexity index is 1650. The van der Waals surface area contributed by atoms with Gasteiger partial charge >= 0.3 is 0 Å². The first-order valence-electron chi connectivity index (χ1n) is 10.2. The number of nitrogens with zero attached hydrogens (tertiary/aromatic N) is 2. The van der Waals surface area contributed by atoms with Crippen molar-refractivity contribution in [2.45, 2.75) is 19.4 Å². The molecule has 7 rings (SSSR count). The van der Waals surface area contributed by atoms with Crippen LogP contribution in [0, 0.1) is 6.92 Å². The lowest BCUT2D eigenvalue weighted by Crippen LogP contribution is -2.35. The highest BCUT2D eigenvalue weighted by Gasteiger charge is 2.44. The molecule has 32 heavy (non-hydrogen) atoms. The third-order valence-corrected chi connectivity index (χ3v) is 10.9. The predicted molar refractivity (Wildman–Crippen MR) is 137 cm³/mol. The molecule has 2 aliphatic heterocycles. The number of fused-ring (bicyclic) bond motifs is 5. The van der Waals surface area contributed by atoms with E-state index in [0.717, 1.165) is 65.7 Å². The highest BCUT2D eigenvalue weighted by atomic mass is 79.9. The van der Waals surface area contributed by atoms with Gasteiger partial charge in [0.05, 0.1) is 37.0 Å². The van der Waals surface area contributed by atoms with E-state index in [9.17, 15) is 9.59 Å². The first kappa shape index (κ1) is 19.2. The third-order valence-electron chi connectivity index (χ3n) is 6.72. The number of benzene rings is 1. The minimum atomic E-state index is 0.00727. The van der Waals surface area contributed by atoms with Crippen molar-refractivity contribution in [2.24, 2.45) is 7.05 Å². The van der Waals surface area contributed by atoms with E-state index in [1.165, 1.54) is 20.9 Å². The molecule has 0 spiro atoms. The van der Waals surface area contributed by atoms with Crippen LogP contribution in [0.5, 0.6) is 0 Å². The fourth-order valence-electron chi connectivity index (χ4n) is 5.35. The van der Waals surface area contributed by atoms with E-state index in [2.05, 4.69) is 50.3 Å². The maximum absolute atomic E-state index is 13.8. The summed E-state index contributed by atoms with van der Waals surface area (Å²) in [6.07, 6.45) is 1.76. The molecule has 8 heteroatoms. The zero-order chi connectivity index (χ0) is 21.9. The van der Waals surface area contributed by atoms with Crippen molar-refractivity contribution in [1.82, 2.24) is 4.57 Å². The van der Waals surface area contributed by atoms with E-state index in [1.807, 2.05) is 18.0 Å². The summed E-state index contributed by atoms with van der Waals surface area (Å²) in [4.78, 5) is 30.9. The lowest BCUT2D eigenvalue weighted by Gasteiger charge is -2.31. The highest BCUT2D eigenvalue weighted by molar-refractivity contribution is 9.10. The van der Waals surface area contributed by atoms with Crippen molar-refractivity contribution in [1.29, 1.82) is 0 Å². The third kappa shape index (κ3) is 2.21. The van der Waals surface area contributed by atoms with Gasteiger partial charge in [-0.25, -0.2) is 0 Å². The van der Waals surface area contributed by atoms with Crippen molar-refractivity contribution >= 4 is 88.8 Å². The van der Waals surface area contributed by atoms with Crippen LogP contribution >= 0.6 is 49.9 Å². The summed E-state index contributed by atoms with van der Waals surface area (Å²) in [6, 6.07) is 6.17. The first-order chi connectivity index (χ1) is 15.5. The van der Waals surface area contributed by atoms with Gasteiger partial charge in [-0.2, -0.15) is 0 Å². The molecule has 158 valence electrons. The molecule has 2 aliphatic rings. The van der Waals surface area contributed by atoms with Gasteiger partial charge in [0.1, 0.15) is 4.88 Å². The van der Waals surface area contributed by atoms with E-state index in [4.69, 9.17) is 0 Å². The molecule has 0 bridgehead atoms. The Morgan fingerprint density at radius 1 is 1.16 bits per heavy atom. The minimum absolute atomic E-state index is 0.00727. The molecule has 5 aromatic rings. The van der Waals surface area contributed by atoms with Gasteiger partial charge in [0.15, 0.2) is 6.29 Å². The second kappa shape index (κ2) is 6.41. The van der Waals surface area contributed by atoms with Gasteiger partial charge in [0.2, 0.25) is 0 Å².